The molecule has 0 bridgehead atoms. The zero-order valence-corrected chi connectivity index (χ0v) is 9.50. The molecular formula is C12H17ClN2. The monoisotopic (exact) mass is 224 g/mol. The molecule has 82 valence electrons. The molecule has 0 aromatic heterocycles. The molecule has 1 aromatic carbocycles. The van der Waals surface area contributed by atoms with E-state index in [1.165, 1.54) is 0 Å². The third-order valence-electron chi connectivity index (χ3n) is 2.35. The maximum Gasteiger partial charge on any atom is 0.0460 e. The van der Waals surface area contributed by atoms with E-state index in [4.69, 9.17) is 17.4 Å². The van der Waals surface area contributed by atoms with Crippen LogP contribution in [0.5, 0.6) is 0 Å². The smallest absolute Gasteiger partial charge is 0.0460 e. The Hall–Kier alpha value is -0.830. The van der Waals surface area contributed by atoms with Crippen molar-refractivity contribution in [2.24, 2.45) is 5.84 Å². The molecule has 3 N–H and O–H groups in total. The molecule has 3 heteroatoms. The van der Waals surface area contributed by atoms with Gasteiger partial charge in [0.05, 0.1) is 0 Å². The quantitative estimate of drug-likeness (QED) is 0.337. The van der Waals surface area contributed by atoms with Crippen molar-refractivity contribution in [2.45, 2.75) is 25.3 Å². The van der Waals surface area contributed by atoms with Crippen molar-refractivity contribution in [3.63, 3.8) is 0 Å². The second kappa shape index (κ2) is 6.62. The van der Waals surface area contributed by atoms with Crippen LogP contribution in [-0.2, 0) is 0 Å². The molecule has 1 aromatic rings. The van der Waals surface area contributed by atoms with Crippen LogP contribution in [0.25, 0.3) is 0 Å². The van der Waals surface area contributed by atoms with Gasteiger partial charge in [-0.3, -0.25) is 11.3 Å². The van der Waals surface area contributed by atoms with Gasteiger partial charge in [-0.05, 0) is 37.0 Å². The summed E-state index contributed by atoms with van der Waals surface area (Å²) in [4.78, 5) is 0. The molecule has 0 spiro atoms. The van der Waals surface area contributed by atoms with Gasteiger partial charge in [-0.2, -0.15) is 0 Å². The number of nitrogens with one attached hydrogen (secondary N) is 1. The van der Waals surface area contributed by atoms with Crippen LogP contribution in [0.3, 0.4) is 0 Å². The number of hydrazine groups is 1. The molecule has 0 radical (unpaired) electrons. The molecule has 0 saturated carbocycles. The van der Waals surface area contributed by atoms with E-state index in [1.54, 1.807) is 0 Å². The van der Waals surface area contributed by atoms with Crippen molar-refractivity contribution in [1.82, 2.24) is 5.43 Å². The summed E-state index contributed by atoms with van der Waals surface area (Å²) in [5.74, 6) is 5.52. The van der Waals surface area contributed by atoms with E-state index >= 15 is 0 Å². The number of allylic oxidation sites excluding steroid dienone is 1. The topological polar surface area (TPSA) is 38.0 Å². The van der Waals surface area contributed by atoms with Gasteiger partial charge in [0.2, 0.25) is 0 Å². The summed E-state index contributed by atoms with van der Waals surface area (Å²) in [5, 5.41) is 0.747. The molecule has 2 nitrogen and oxygen atoms in total. The van der Waals surface area contributed by atoms with Gasteiger partial charge in [0.1, 0.15) is 0 Å². The summed E-state index contributed by atoms with van der Waals surface area (Å²) >= 11 is 5.92. The van der Waals surface area contributed by atoms with E-state index in [1.807, 2.05) is 30.3 Å². The molecule has 0 fully saturated rings. The van der Waals surface area contributed by atoms with E-state index in [0.717, 1.165) is 29.8 Å². The molecule has 1 atom stereocenters. The zero-order valence-electron chi connectivity index (χ0n) is 8.75. The minimum absolute atomic E-state index is 0.170. The van der Waals surface area contributed by atoms with Crippen LogP contribution < -0.4 is 11.3 Å². The zero-order chi connectivity index (χ0) is 11.1. The van der Waals surface area contributed by atoms with Gasteiger partial charge in [-0.25, -0.2) is 0 Å². The maximum absolute atomic E-state index is 5.92. The number of benzene rings is 1. The fourth-order valence-corrected chi connectivity index (χ4v) is 1.73. The van der Waals surface area contributed by atoms with Gasteiger partial charge in [0.25, 0.3) is 0 Å². The lowest BCUT2D eigenvalue weighted by molar-refractivity contribution is 0.501. The van der Waals surface area contributed by atoms with Crippen LogP contribution in [0.1, 0.15) is 30.9 Å². The number of nitrogens with two attached hydrogens (primary N) is 1. The summed E-state index contributed by atoms with van der Waals surface area (Å²) in [6, 6.07) is 7.95. The molecule has 1 unspecified atom stereocenters. The Labute approximate surface area is 96.1 Å². The molecule has 0 aliphatic rings. The molecule has 0 aliphatic heterocycles. The lowest BCUT2D eigenvalue weighted by atomic mass is 10.0. The number of hydrogen-bond donors (Lipinski definition) is 2. The second-order valence-corrected chi connectivity index (χ2v) is 3.93. The Balaban J connectivity index is 2.61. The van der Waals surface area contributed by atoms with Gasteiger partial charge < -0.3 is 0 Å². The number of rotatable bonds is 6. The van der Waals surface area contributed by atoms with E-state index in [2.05, 4.69) is 12.0 Å². The summed E-state index contributed by atoms with van der Waals surface area (Å²) < 4.78 is 0. The Bertz CT molecular complexity index is 312. The minimum Gasteiger partial charge on any atom is -0.271 e. The third kappa shape index (κ3) is 4.04. The first kappa shape index (κ1) is 12.2. The number of halogens is 1. The number of hydrogen-bond acceptors (Lipinski definition) is 2. The molecule has 0 aliphatic carbocycles. The standard InChI is InChI=1S/C12H17ClN2/c1-2-3-4-8-12(15-14)10-6-5-7-11(13)9-10/h2,5-7,9,12,15H,1,3-4,8,14H2. The predicted molar refractivity (Wildman–Crippen MR) is 65.6 cm³/mol. The maximum atomic E-state index is 5.92. The predicted octanol–water partition coefficient (Wildman–Crippen LogP) is 3.20. The van der Waals surface area contributed by atoms with Gasteiger partial charge in [0, 0.05) is 11.1 Å². The first-order chi connectivity index (χ1) is 7.27. The summed E-state index contributed by atoms with van der Waals surface area (Å²) in [5.41, 5.74) is 3.94. The van der Waals surface area contributed by atoms with Gasteiger partial charge in [-0.1, -0.05) is 29.8 Å². The van der Waals surface area contributed by atoms with Crippen LogP contribution in [0.15, 0.2) is 36.9 Å². The highest BCUT2D eigenvalue weighted by Gasteiger charge is 2.08. The van der Waals surface area contributed by atoms with Crippen LogP contribution in [0, 0.1) is 0 Å². The van der Waals surface area contributed by atoms with E-state index < -0.39 is 0 Å². The van der Waals surface area contributed by atoms with Crippen molar-refractivity contribution < 1.29 is 0 Å². The Morgan fingerprint density at radius 1 is 1.53 bits per heavy atom. The van der Waals surface area contributed by atoms with Crippen LogP contribution in [0.4, 0.5) is 0 Å². The lowest BCUT2D eigenvalue weighted by Gasteiger charge is -2.15. The van der Waals surface area contributed by atoms with Crippen LogP contribution in [0.2, 0.25) is 5.02 Å². The van der Waals surface area contributed by atoms with E-state index in [-0.39, 0.29) is 6.04 Å². The highest BCUT2D eigenvalue weighted by atomic mass is 35.5. The van der Waals surface area contributed by atoms with Crippen molar-refractivity contribution in [3.8, 4) is 0 Å². The Kier molecular flexibility index (Phi) is 5.40. The van der Waals surface area contributed by atoms with Gasteiger partial charge >= 0.3 is 0 Å². The summed E-state index contributed by atoms with van der Waals surface area (Å²) in [7, 11) is 0. The second-order valence-electron chi connectivity index (χ2n) is 3.49. The summed E-state index contributed by atoms with van der Waals surface area (Å²) in [6.07, 6.45) is 5.00. The van der Waals surface area contributed by atoms with Crippen molar-refractivity contribution in [2.75, 3.05) is 0 Å². The minimum atomic E-state index is 0.170. The average Bonchev–Trinajstić information content (AvgIpc) is 2.24. The normalized spacial score (nSPS) is 12.4. The van der Waals surface area contributed by atoms with Gasteiger partial charge in [0.15, 0.2) is 0 Å². The molecule has 1 rings (SSSR count). The molecule has 15 heavy (non-hydrogen) atoms. The summed E-state index contributed by atoms with van der Waals surface area (Å²) in [6.45, 7) is 3.70. The molecule has 0 heterocycles. The fraction of sp³-hybridized carbons (Fsp3) is 0.333. The largest absolute Gasteiger partial charge is 0.271 e. The first-order valence-electron chi connectivity index (χ1n) is 5.10. The fourth-order valence-electron chi connectivity index (χ4n) is 1.54. The molecule has 0 saturated heterocycles. The van der Waals surface area contributed by atoms with Crippen LogP contribution in [-0.4, -0.2) is 0 Å². The SMILES string of the molecule is C=CCCCC(NN)c1cccc(Cl)c1. The van der Waals surface area contributed by atoms with Gasteiger partial charge in [-0.15, -0.1) is 6.58 Å². The Morgan fingerprint density at radius 2 is 2.33 bits per heavy atom. The molecule has 0 amide bonds. The Morgan fingerprint density at radius 3 is 2.93 bits per heavy atom. The van der Waals surface area contributed by atoms with Crippen LogP contribution >= 0.6 is 11.6 Å². The highest BCUT2D eigenvalue weighted by molar-refractivity contribution is 6.30. The van der Waals surface area contributed by atoms with E-state index in [0.29, 0.717) is 0 Å². The number of unbranched alkanes of at least 4 members (excludes halogenated alkanes) is 1. The average molecular weight is 225 g/mol. The van der Waals surface area contributed by atoms with Crippen molar-refractivity contribution in [3.05, 3.63) is 47.5 Å². The molecular weight excluding hydrogens is 208 g/mol. The third-order valence-corrected chi connectivity index (χ3v) is 2.59. The lowest BCUT2D eigenvalue weighted by Crippen LogP contribution is -2.27. The van der Waals surface area contributed by atoms with E-state index in [9.17, 15) is 0 Å². The highest BCUT2D eigenvalue weighted by Crippen LogP contribution is 2.21. The first-order valence-corrected chi connectivity index (χ1v) is 5.48. The van der Waals surface area contributed by atoms with Crippen molar-refractivity contribution >= 4 is 11.6 Å². The van der Waals surface area contributed by atoms with Crippen molar-refractivity contribution in [1.29, 1.82) is 0 Å².